The Balaban J connectivity index is -0.0000000612. The highest BCUT2D eigenvalue weighted by atomic mass is 19.0. The van der Waals surface area contributed by atoms with E-state index in [0.29, 0.717) is 6.61 Å². The van der Waals surface area contributed by atoms with E-state index in [1.54, 1.807) is 6.92 Å². The number of carbonyl (C=O) groups excluding carboxylic acids is 1. The average molecular weight is 182 g/mol. The summed E-state index contributed by atoms with van der Waals surface area (Å²) in [5.41, 5.74) is 0. The monoisotopic (exact) mass is 182 g/mol. The SMILES string of the molecule is CC1COC(=O)O1.F.F.F.F. The van der Waals surface area contributed by atoms with Gasteiger partial charge in [0.2, 0.25) is 0 Å². The molecule has 0 spiro atoms. The summed E-state index contributed by atoms with van der Waals surface area (Å²) < 4.78 is 8.90. The molecule has 1 heterocycles. The molecule has 72 valence electrons. The standard InChI is InChI=1S/C4H6O3.4FH/c1-3-2-6-4(5)7-3;;;;/h3H,2H2,1H3;4*1H. The second kappa shape index (κ2) is 8.99. The van der Waals surface area contributed by atoms with Gasteiger partial charge < -0.3 is 9.47 Å². The molecule has 0 aliphatic carbocycles. The zero-order valence-corrected chi connectivity index (χ0v) is 5.64. The lowest BCUT2D eigenvalue weighted by molar-refractivity contribution is 0.121. The summed E-state index contributed by atoms with van der Waals surface area (Å²) in [5, 5.41) is 0. The smallest absolute Gasteiger partial charge is 0.430 e. The predicted molar refractivity (Wildman–Crippen MR) is 31.9 cm³/mol. The molecule has 3 nitrogen and oxygen atoms in total. The van der Waals surface area contributed by atoms with Crippen molar-refractivity contribution in [2.75, 3.05) is 6.61 Å². The maximum atomic E-state index is 10.0. The Labute approximate surface area is 60.1 Å². The van der Waals surface area contributed by atoms with Crippen LogP contribution in [0.5, 0.6) is 0 Å². The molecule has 1 fully saturated rings. The third-order valence-corrected chi connectivity index (χ3v) is 0.733. The molecule has 1 unspecified atom stereocenters. The van der Waals surface area contributed by atoms with Crippen LogP contribution >= 0.6 is 0 Å². The molecular weight excluding hydrogens is 172 g/mol. The maximum absolute atomic E-state index is 10.0. The molecule has 0 N–H and O–H groups in total. The van der Waals surface area contributed by atoms with E-state index in [1.807, 2.05) is 0 Å². The topological polar surface area (TPSA) is 35.5 Å². The summed E-state index contributed by atoms with van der Waals surface area (Å²) in [7, 11) is 0. The van der Waals surface area contributed by atoms with E-state index in [0.717, 1.165) is 0 Å². The number of rotatable bonds is 0. The highest BCUT2D eigenvalue weighted by Crippen LogP contribution is 2.02. The minimum absolute atomic E-state index is 0. The molecule has 7 heteroatoms. The molecule has 0 saturated carbocycles. The zero-order valence-electron chi connectivity index (χ0n) is 5.64. The third kappa shape index (κ3) is 6.88. The van der Waals surface area contributed by atoms with Gasteiger partial charge in [0.05, 0.1) is 0 Å². The Kier molecular flexibility index (Phi) is 18.4. The van der Waals surface area contributed by atoms with Gasteiger partial charge in [0, 0.05) is 0 Å². The van der Waals surface area contributed by atoms with E-state index in [9.17, 15) is 4.79 Å². The summed E-state index contributed by atoms with van der Waals surface area (Å²) in [6.45, 7) is 2.18. The highest BCUT2D eigenvalue weighted by Gasteiger charge is 2.19. The van der Waals surface area contributed by atoms with E-state index in [2.05, 4.69) is 9.47 Å². The largest absolute Gasteiger partial charge is 0.508 e. The first kappa shape index (κ1) is 22.5. The quantitative estimate of drug-likeness (QED) is 0.416. The van der Waals surface area contributed by atoms with E-state index < -0.39 is 6.16 Å². The molecule has 1 rings (SSSR count). The molecule has 0 aromatic carbocycles. The van der Waals surface area contributed by atoms with Crippen LogP contribution in [0.25, 0.3) is 0 Å². The van der Waals surface area contributed by atoms with Crippen LogP contribution in [0.4, 0.5) is 23.6 Å². The Morgan fingerprint density at radius 2 is 1.73 bits per heavy atom. The van der Waals surface area contributed by atoms with Crippen molar-refractivity contribution in [3.05, 3.63) is 0 Å². The molecule has 1 atom stereocenters. The molecule has 1 aliphatic heterocycles. The summed E-state index contributed by atoms with van der Waals surface area (Å²) >= 11 is 0. The molecule has 11 heavy (non-hydrogen) atoms. The third-order valence-electron chi connectivity index (χ3n) is 0.733. The average Bonchev–Trinajstić information content (AvgIpc) is 1.87. The summed E-state index contributed by atoms with van der Waals surface area (Å²) in [4.78, 5) is 10.0. The van der Waals surface area contributed by atoms with Gasteiger partial charge in [-0.3, -0.25) is 18.8 Å². The first-order valence-electron chi connectivity index (χ1n) is 2.12. The van der Waals surface area contributed by atoms with Gasteiger partial charge in [-0.25, -0.2) is 4.79 Å². The fourth-order valence-corrected chi connectivity index (χ4v) is 0.418. The second-order valence-electron chi connectivity index (χ2n) is 1.49. The fraction of sp³-hybridized carbons (Fsp3) is 0.750. The minimum Gasteiger partial charge on any atom is -0.430 e. The van der Waals surface area contributed by atoms with E-state index in [4.69, 9.17) is 0 Å². The Morgan fingerprint density at radius 3 is 1.82 bits per heavy atom. The zero-order chi connectivity index (χ0) is 5.28. The number of carbonyl (C=O) groups is 1. The number of hydrogen-bond acceptors (Lipinski definition) is 3. The van der Waals surface area contributed by atoms with Crippen LogP contribution in [-0.2, 0) is 9.47 Å². The van der Waals surface area contributed by atoms with Crippen LogP contribution in [0.1, 0.15) is 6.92 Å². The molecule has 0 bridgehead atoms. The van der Waals surface area contributed by atoms with Gasteiger partial charge in [-0.05, 0) is 6.92 Å². The first-order chi connectivity index (χ1) is 3.29. The molecular formula is C4H10F4O3. The Morgan fingerprint density at radius 1 is 1.27 bits per heavy atom. The Bertz CT molecular complexity index is 99.3. The van der Waals surface area contributed by atoms with Crippen molar-refractivity contribution < 1.29 is 33.1 Å². The van der Waals surface area contributed by atoms with Gasteiger partial charge in [0.15, 0.2) is 0 Å². The van der Waals surface area contributed by atoms with Crippen molar-refractivity contribution in [2.45, 2.75) is 13.0 Å². The van der Waals surface area contributed by atoms with Gasteiger partial charge in [0.25, 0.3) is 0 Å². The molecule has 1 aliphatic rings. The predicted octanol–water partition coefficient (Wildman–Crippen LogP) is 1.15. The van der Waals surface area contributed by atoms with Crippen molar-refractivity contribution in [3.63, 3.8) is 0 Å². The van der Waals surface area contributed by atoms with E-state index in [1.165, 1.54) is 0 Å². The molecule has 0 aromatic heterocycles. The Hall–Kier alpha value is -1.01. The normalized spacial score (nSPS) is 18.6. The van der Waals surface area contributed by atoms with Crippen LogP contribution in [-0.4, -0.2) is 18.9 Å². The molecule has 0 aromatic rings. The number of cyclic esters (lactones) is 2. The van der Waals surface area contributed by atoms with Crippen molar-refractivity contribution >= 4 is 6.16 Å². The first-order valence-corrected chi connectivity index (χ1v) is 2.12. The van der Waals surface area contributed by atoms with Crippen LogP contribution in [0.2, 0.25) is 0 Å². The van der Waals surface area contributed by atoms with Gasteiger partial charge in [0.1, 0.15) is 12.7 Å². The number of ether oxygens (including phenoxy) is 2. The summed E-state index contributed by atoms with van der Waals surface area (Å²) in [6.07, 6.45) is -0.597. The van der Waals surface area contributed by atoms with E-state index >= 15 is 0 Å². The fourth-order valence-electron chi connectivity index (χ4n) is 0.418. The van der Waals surface area contributed by atoms with E-state index in [-0.39, 0.29) is 24.9 Å². The van der Waals surface area contributed by atoms with Gasteiger partial charge >= 0.3 is 6.16 Å². The van der Waals surface area contributed by atoms with Crippen molar-refractivity contribution in [1.82, 2.24) is 0 Å². The summed E-state index contributed by atoms with van der Waals surface area (Å²) in [6, 6.07) is 0. The van der Waals surface area contributed by atoms with Crippen molar-refractivity contribution in [2.24, 2.45) is 0 Å². The lowest BCUT2D eigenvalue weighted by atomic mass is 10.5. The van der Waals surface area contributed by atoms with Crippen molar-refractivity contribution in [3.8, 4) is 0 Å². The minimum atomic E-state index is -0.549. The second-order valence-corrected chi connectivity index (χ2v) is 1.49. The highest BCUT2D eigenvalue weighted by molar-refractivity contribution is 5.61. The summed E-state index contributed by atoms with van der Waals surface area (Å²) in [5.74, 6) is 0. The molecule has 0 radical (unpaired) electrons. The van der Waals surface area contributed by atoms with Crippen LogP contribution in [0.3, 0.4) is 0 Å². The van der Waals surface area contributed by atoms with Gasteiger partial charge in [-0.15, -0.1) is 0 Å². The number of hydrogen-bond donors (Lipinski definition) is 0. The van der Waals surface area contributed by atoms with Crippen LogP contribution in [0.15, 0.2) is 0 Å². The molecule has 0 amide bonds. The van der Waals surface area contributed by atoms with Crippen LogP contribution in [0, 0.1) is 0 Å². The lowest BCUT2D eigenvalue weighted by Crippen LogP contribution is -2.01. The van der Waals surface area contributed by atoms with Crippen molar-refractivity contribution in [1.29, 1.82) is 0 Å². The maximum Gasteiger partial charge on any atom is 0.508 e. The van der Waals surface area contributed by atoms with Gasteiger partial charge in [-0.2, -0.15) is 0 Å². The van der Waals surface area contributed by atoms with Crippen LogP contribution < -0.4 is 0 Å². The lowest BCUT2D eigenvalue weighted by Gasteiger charge is -1.90. The number of halogens is 4. The van der Waals surface area contributed by atoms with Gasteiger partial charge in [-0.1, -0.05) is 0 Å². The molecule has 1 saturated heterocycles.